The van der Waals surface area contributed by atoms with Crippen LogP contribution in [0.2, 0.25) is 5.02 Å². The van der Waals surface area contributed by atoms with Gasteiger partial charge >= 0.3 is 0 Å². The fourth-order valence-corrected chi connectivity index (χ4v) is 3.15. The van der Waals surface area contributed by atoms with E-state index < -0.39 is 26.6 Å². The highest BCUT2D eigenvalue weighted by Crippen LogP contribution is 2.26. The smallest absolute Gasteiger partial charge is 0.256 e. The third kappa shape index (κ3) is 2.94. The predicted molar refractivity (Wildman–Crippen MR) is 72.5 cm³/mol. The van der Waals surface area contributed by atoms with E-state index in [1.165, 1.54) is 4.90 Å². The van der Waals surface area contributed by atoms with Crippen LogP contribution in [0.4, 0.5) is 4.39 Å². The molecule has 2 rings (SSSR count). The normalized spacial score (nSPS) is 19.4. The monoisotopic (exact) mass is 320 g/mol. The Hall–Kier alpha value is -1.18. The first-order valence-electron chi connectivity index (χ1n) is 6.01. The van der Waals surface area contributed by atoms with Crippen molar-refractivity contribution in [2.45, 2.75) is 18.2 Å². The molecule has 20 heavy (non-hydrogen) atoms. The summed E-state index contributed by atoms with van der Waals surface area (Å²) in [5, 5.41) is 4.87. The standard InChI is InChI=1S/C12H14ClFN2O3S/c1-7-2-3-16(6-7)12(17)9-4-8(13)5-10(11(9)14)20(15,18)19/h4-5,7H,2-3,6H2,1H3,(H2,15,18,19). The van der Waals surface area contributed by atoms with Gasteiger partial charge in [-0.2, -0.15) is 0 Å². The predicted octanol–water partition coefficient (Wildman–Crippen LogP) is 1.61. The van der Waals surface area contributed by atoms with Crippen molar-refractivity contribution in [1.29, 1.82) is 0 Å². The average molecular weight is 321 g/mol. The first-order valence-corrected chi connectivity index (χ1v) is 7.93. The molecule has 0 radical (unpaired) electrons. The van der Waals surface area contributed by atoms with Crippen molar-refractivity contribution in [2.75, 3.05) is 13.1 Å². The van der Waals surface area contributed by atoms with Crippen molar-refractivity contribution in [3.63, 3.8) is 0 Å². The van der Waals surface area contributed by atoms with E-state index in [4.69, 9.17) is 16.7 Å². The average Bonchev–Trinajstić information content (AvgIpc) is 2.76. The van der Waals surface area contributed by atoms with E-state index in [9.17, 15) is 17.6 Å². The van der Waals surface area contributed by atoms with E-state index in [2.05, 4.69) is 0 Å². The number of carbonyl (C=O) groups is 1. The molecule has 2 N–H and O–H groups in total. The summed E-state index contributed by atoms with van der Waals surface area (Å²) in [7, 11) is -4.28. The van der Waals surface area contributed by atoms with Crippen LogP contribution in [0.3, 0.4) is 0 Å². The van der Waals surface area contributed by atoms with Crippen LogP contribution in [0.5, 0.6) is 0 Å². The molecule has 1 heterocycles. The van der Waals surface area contributed by atoms with Crippen LogP contribution in [0.1, 0.15) is 23.7 Å². The van der Waals surface area contributed by atoms with Gasteiger partial charge in [0, 0.05) is 18.1 Å². The van der Waals surface area contributed by atoms with E-state index in [1.54, 1.807) is 0 Å². The minimum atomic E-state index is -4.28. The number of halogens is 2. The molecule has 1 aliphatic heterocycles. The molecule has 5 nitrogen and oxygen atoms in total. The molecule has 1 saturated heterocycles. The number of primary sulfonamides is 1. The van der Waals surface area contributed by atoms with Gasteiger partial charge in [0.15, 0.2) is 5.82 Å². The lowest BCUT2D eigenvalue weighted by Gasteiger charge is -2.17. The Kier molecular flexibility index (Phi) is 4.04. The van der Waals surface area contributed by atoms with Crippen LogP contribution in [-0.4, -0.2) is 32.3 Å². The Morgan fingerprint density at radius 2 is 2.15 bits per heavy atom. The summed E-state index contributed by atoms with van der Waals surface area (Å²) in [4.78, 5) is 13.0. The number of benzene rings is 1. The summed E-state index contributed by atoms with van der Waals surface area (Å²) >= 11 is 5.75. The minimum absolute atomic E-state index is 0.0500. The lowest BCUT2D eigenvalue weighted by atomic mass is 10.1. The first kappa shape index (κ1) is 15.2. The fraction of sp³-hybridized carbons (Fsp3) is 0.417. The van der Waals surface area contributed by atoms with E-state index in [1.807, 2.05) is 6.92 Å². The maximum absolute atomic E-state index is 14.2. The van der Waals surface area contributed by atoms with Gasteiger partial charge in [0.25, 0.3) is 5.91 Å². The van der Waals surface area contributed by atoms with Crippen LogP contribution in [0.15, 0.2) is 17.0 Å². The van der Waals surface area contributed by atoms with Crippen molar-refractivity contribution >= 4 is 27.5 Å². The van der Waals surface area contributed by atoms with Gasteiger partial charge in [-0.15, -0.1) is 0 Å². The highest BCUT2D eigenvalue weighted by atomic mass is 35.5. The molecule has 0 aromatic heterocycles. The molecular weight excluding hydrogens is 307 g/mol. The van der Waals surface area contributed by atoms with Gasteiger partial charge in [-0.1, -0.05) is 18.5 Å². The molecule has 1 amide bonds. The molecule has 1 aromatic carbocycles. The van der Waals surface area contributed by atoms with Crippen molar-refractivity contribution in [3.8, 4) is 0 Å². The highest BCUT2D eigenvalue weighted by molar-refractivity contribution is 7.89. The molecule has 1 aliphatic rings. The fourth-order valence-electron chi connectivity index (χ4n) is 2.22. The summed E-state index contributed by atoms with van der Waals surface area (Å²) in [6.07, 6.45) is 0.829. The van der Waals surface area contributed by atoms with Gasteiger partial charge in [-0.3, -0.25) is 4.79 Å². The quantitative estimate of drug-likeness (QED) is 0.899. The molecule has 0 spiro atoms. The van der Waals surface area contributed by atoms with Crippen molar-refractivity contribution in [2.24, 2.45) is 11.1 Å². The summed E-state index contributed by atoms with van der Waals surface area (Å²) in [5.74, 6) is -1.39. The van der Waals surface area contributed by atoms with E-state index in [-0.39, 0.29) is 10.6 Å². The van der Waals surface area contributed by atoms with Crippen LogP contribution in [-0.2, 0) is 10.0 Å². The number of nitrogens with zero attached hydrogens (tertiary/aromatic N) is 1. The molecule has 1 unspecified atom stereocenters. The van der Waals surface area contributed by atoms with E-state index in [0.717, 1.165) is 18.6 Å². The molecule has 1 atom stereocenters. The molecule has 1 aromatic rings. The second-order valence-corrected chi connectivity index (χ2v) is 6.92. The number of hydrogen-bond acceptors (Lipinski definition) is 3. The van der Waals surface area contributed by atoms with Gasteiger partial charge < -0.3 is 4.90 Å². The Labute approximate surface area is 121 Å². The summed E-state index contributed by atoms with van der Waals surface area (Å²) in [6, 6.07) is 2.02. The molecular formula is C12H14ClFN2O3S. The maximum atomic E-state index is 14.2. The third-order valence-electron chi connectivity index (χ3n) is 3.25. The second kappa shape index (κ2) is 5.31. The number of rotatable bonds is 2. The van der Waals surface area contributed by atoms with Crippen LogP contribution in [0, 0.1) is 11.7 Å². The topological polar surface area (TPSA) is 80.5 Å². The Bertz CT molecular complexity index is 663. The molecule has 0 saturated carbocycles. The highest BCUT2D eigenvalue weighted by Gasteiger charge is 2.29. The number of hydrogen-bond donors (Lipinski definition) is 1. The molecule has 0 aliphatic carbocycles. The largest absolute Gasteiger partial charge is 0.338 e. The molecule has 110 valence electrons. The van der Waals surface area contributed by atoms with Gasteiger partial charge in [0.2, 0.25) is 10.0 Å². The van der Waals surface area contributed by atoms with Gasteiger partial charge in [0.1, 0.15) is 4.90 Å². The zero-order valence-electron chi connectivity index (χ0n) is 10.8. The van der Waals surface area contributed by atoms with Crippen molar-refractivity contribution < 1.29 is 17.6 Å². The van der Waals surface area contributed by atoms with E-state index in [0.29, 0.717) is 19.0 Å². The number of nitrogens with two attached hydrogens (primary N) is 1. The molecule has 0 bridgehead atoms. The van der Waals surface area contributed by atoms with E-state index >= 15 is 0 Å². The lowest BCUT2D eigenvalue weighted by Crippen LogP contribution is -2.30. The summed E-state index contributed by atoms with van der Waals surface area (Å²) < 4.78 is 36.8. The van der Waals surface area contributed by atoms with Gasteiger partial charge in [-0.05, 0) is 24.5 Å². The van der Waals surface area contributed by atoms with Crippen molar-refractivity contribution in [3.05, 3.63) is 28.5 Å². The summed E-state index contributed by atoms with van der Waals surface area (Å²) in [6.45, 7) is 3.00. The number of likely N-dealkylation sites (tertiary alicyclic amines) is 1. The third-order valence-corrected chi connectivity index (χ3v) is 4.38. The molecule has 8 heteroatoms. The second-order valence-electron chi connectivity index (χ2n) is 4.96. The van der Waals surface area contributed by atoms with Gasteiger partial charge in [0.05, 0.1) is 5.56 Å². The number of amides is 1. The Morgan fingerprint density at radius 1 is 1.50 bits per heavy atom. The Balaban J connectivity index is 2.47. The number of carbonyl (C=O) groups excluding carboxylic acids is 1. The van der Waals surface area contributed by atoms with Crippen LogP contribution >= 0.6 is 11.6 Å². The molecule has 1 fully saturated rings. The minimum Gasteiger partial charge on any atom is -0.338 e. The van der Waals surface area contributed by atoms with Crippen LogP contribution < -0.4 is 5.14 Å². The SMILES string of the molecule is CC1CCN(C(=O)c2cc(Cl)cc(S(N)(=O)=O)c2F)C1. The maximum Gasteiger partial charge on any atom is 0.256 e. The summed E-state index contributed by atoms with van der Waals surface area (Å²) in [5.41, 5.74) is -0.365. The zero-order valence-corrected chi connectivity index (χ0v) is 12.3. The van der Waals surface area contributed by atoms with Gasteiger partial charge in [-0.25, -0.2) is 17.9 Å². The lowest BCUT2D eigenvalue weighted by molar-refractivity contribution is 0.0783. The first-order chi connectivity index (χ1) is 9.20. The number of sulfonamides is 1. The van der Waals surface area contributed by atoms with Crippen LogP contribution in [0.25, 0.3) is 0 Å². The Morgan fingerprint density at radius 3 is 2.65 bits per heavy atom. The zero-order chi connectivity index (χ0) is 15.1. The van der Waals surface area contributed by atoms with Crippen molar-refractivity contribution in [1.82, 2.24) is 4.90 Å².